The molecule has 1 rings (SSSR count). The maximum absolute atomic E-state index is 6.63. The molecule has 2 nitrogen and oxygen atoms in total. The minimum absolute atomic E-state index is 0.00907. The van der Waals surface area contributed by atoms with Crippen molar-refractivity contribution < 1.29 is 0 Å². The topological polar surface area (TPSA) is 29.3 Å². The van der Waals surface area contributed by atoms with Crippen molar-refractivity contribution in [3.05, 3.63) is 33.8 Å². The van der Waals surface area contributed by atoms with E-state index in [1.165, 1.54) is 0 Å². The first-order valence-electron chi connectivity index (χ1n) is 7.90. The summed E-state index contributed by atoms with van der Waals surface area (Å²) in [5, 5.41) is 1.23. The van der Waals surface area contributed by atoms with Crippen molar-refractivity contribution >= 4 is 23.2 Å². The lowest BCUT2D eigenvalue weighted by atomic mass is 9.80. The lowest BCUT2D eigenvalue weighted by molar-refractivity contribution is 0.0628. The quantitative estimate of drug-likeness (QED) is 0.744. The van der Waals surface area contributed by atoms with Crippen molar-refractivity contribution in [3.8, 4) is 0 Å². The van der Waals surface area contributed by atoms with Gasteiger partial charge in [0.15, 0.2) is 0 Å². The predicted octanol–water partition coefficient (Wildman–Crippen LogP) is 4.76. The molecule has 4 heteroatoms. The number of nitrogens with two attached hydrogens (primary N) is 1. The molecule has 0 spiro atoms. The highest BCUT2D eigenvalue weighted by molar-refractivity contribution is 6.42. The summed E-state index contributed by atoms with van der Waals surface area (Å²) >= 11 is 12.4. The second kappa shape index (κ2) is 8.38. The Morgan fingerprint density at radius 3 is 2.14 bits per heavy atom. The largest absolute Gasteiger partial charge is 0.326 e. The Balaban J connectivity index is 3.06. The van der Waals surface area contributed by atoms with Gasteiger partial charge in [0.2, 0.25) is 0 Å². The molecule has 0 aliphatic rings. The molecule has 0 aromatic heterocycles. The van der Waals surface area contributed by atoms with Crippen molar-refractivity contribution in [1.29, 1.82) is 0 Å². The Labute approximate surface area is 139 Å². The van der Waals surface area contributed by atoms with Crippen LogP contribution in [-0.4, -0.2) is 29.6 Å². The number of benzene rings is 1. The molecule has 0 bridgehead atoms. The van der Waals surface area contributed by atoms with E-state index in [9.17, 15) is 0 Å². The minimum atomic E-state index is 0.00907. The van der Waals surface area contributed by atoms with Gasteiger partial charge in [-0.05, 0) is 44.0 Å². The molecule has 0 saturated carbocycles. The Morgan fingerprint density at radius 1 is 1.10 bits per heavy atom. The number of hydrogen-bond acceptors (Lipinski definition) is 2. The third-order valence-corrected chi connectivity index (χ3v) is 5.64. The Kier molecular flexibility index (Phi) is 7.49. The molecule has 0 amide bonds. The highest BCUT2D eigenvalue weighted by Gasteiger charge is 2.37. The van der Waals surface area contributed by atoms with Crippen LogP contribution in [-0.2, 0) is 6.42 Å². The molecule has 0 fully saturated rings. The third kappa shape index (κ3) is 3.92. The monoisotopic (exact) mass is 330 g/mol. The minimum Gasteiger partial charge on any atom is -0.326 e. The Hall–Kier alpha value is -0.280. The van der Waals surface area contributed by atoms with Crippen LogP contribution in [0, 0.1) is 0 Å². The molecular formula is C17H28Cl2N2. The number of rotatable bonds is 8. The van der Waals surface area contributed by atoms with Crippen molar-refractivity contribution in [2.75, 3.05) is 13.1 Å². The van der Waals surface area contributed by atoms with Gasteiger partial charge >= 0.3 is 0 Å². The summed E-state index contributed by atoms with van der Waals surface area (Å²) < 4.78 is 0. The second-order valence-corrected chi connectivity index (χ2v) is 6.29. The fraction of sp³-hybridized carbons (Fsp3) is 0.647. The van der Waals surface area contributed by atoms with Gasteiger partial charge in [-0.2, -0.15) is 0 Å². The second-order valence-electron chi connectivity index (χ2n) is 5.51. The molecule has 0 heterocycles. The van der Waals surface area contributed by atoms with Crippen LogP contribution in [0.2, 0.25) is 10.0 Å². The molecule has 21 heavy (non-hydrogen) atoms. The van der Waals surface area contributed by atoms with E-state index in [4.69, 9.17) is 28.9 Å². The number of likely N-dealkylation sites (N-methyl/N-ethyl adjacent to an activating group) is 1. The smallest absolute Gasteiger partial charge is 0.0624 e. The average Bonchev–Trinajstić information content (AvgIpc) is 2.49. The fourth-order valence-corrected chi connectivity index (χ4v) is 3.84. The van der Waals surface area contributed by atoms with Crippen LogP contribution in [0.3, 0.4) is 0 Å². The van der Waals surface area contributed by atoms with E-state index in [0.717, 1.165) is 37.9 Å². The summed E-state index contributed by atoms with van der Waals surface area (Å²) in [4.78, 5) is 2.48. The molecular weight excluding hydrogens is 303 g/mol. The van der Waals surface area contributed by atoms with Crippen LogP contribution in [0.5, 0.6) is 0 Å². The van der Waals surface area contributed by atoms with Gasteiger partial charge < -0.3 is 5.73 Å². The summed E-state index contributed by atoms with van der Waals surface area (Å²) in [7, 11) is 0. The Morgan fingerprint density at radius 2 is 1.67 bits per heavy atom. The molecule has 0 radical (unpaired) electrons. The zero-order valence-electron chi connectivity index (χ0n) is 13.6. The van der Waals surface area contributed by atoms with E-state index >= 15 is 0 Å². The number of hydrogen-bond donors (Lipinski definition) is 1. The molecule has 0 aliphatic heterocycles. The standard InChI is InChI=1S/C17H28Cl2N2/c1-5-17(6-2,21(7-3)8-4)15(20)12-13-10-9-11-14(18)16(13)19/h9-11,15H,5-8,12,20H2,1-4H3. The van der Waals surface area contributed by atoms with E-state index < -0.39 is 0 Å². The lowest BCUT2D eigenvalue weighted by Crippen LogP contribution is -2.60. The first-order chi connectivity index (χ1) is 9.96. The summed E-state index contributed by atoms with van der Waals surface area (Å²) in [6.07, 6.45) is 2.81. The molecule has 1 aromatic carbocycles. The normalized spacial score (nSPS) is 13.7. The van der Waals surface area contributed by atoms with Gasteiger partial charge in [0.25, 0.3) is 0 Å². The average molecular weight is 331 g/mol. The van der Waals surface area contributed by atoms with E-state index in [2.05, 4.69) is 32.6 Å². The maximum Gasteiger partial charge on any atom is 0.0624 e. The van der Waals surface area contributed by atoms with Crippen LogP contribution in [0.25, 0.3) is 0 Å². The summed E-state index contributed by atoms with van der Waals surface area (Å²) in [5.74, 6) is 0. The molecule has 120 valence electrons. The number of halogens is 2. The van der Waals surface area contributed by atoms with E-state index in [1.807, 2.05) is 18.2 Å². The van der Waals surface area contributed by atoms with Gasteiger partial charge in [-0.15, -0.1) is 0 Å². The SMILES string of the molecule is CCN(CC)C(CC)(CC)C(N)Cc1cccc(Cl)c1Cl. The molecule has 1 unspecified atom stereocenters. The van der Waals surface area contributed by atoms with Gasteiger partial charge in [-0.1, -0.05) is 63.0 Å². The van der Waals surface area contributed by atoms with Crippen molar-refractivity contribution in [1.82, 2.24) is 4.90 Å². The third-order valence-electron chi connectivity index (χ3n) is 4.78. The fourth-order valence-electron chi connectivity index (χ4n) is 3.44. The van der Waals surface area contributed by atoms with Gasteiger partial charge in [0.05, 0.1) is 10.0 Å². The van der Waals surface area contributed by atoms with Crippen LogP contribution in [0.4, 0.5) is 0 Å². The van der Waals surface area contributed by atoms with Crippen LogP contribution in [0.15, 0.2) is 18.2 Å². The highest BCUT2D eigenvalue weighted by Crippen LogP contribution is 2.32. The van der Waals surface area contributed by atoms with Crippen molar-refractivity contribution in [2.45, 2.75) is 58.5 Å². The summed E-state index contributed by atoms with van der Waals surface area (Å²) in [6, 6.07) is 5.80. The highest BCUT2D eigenvalue weighted by atomic mass is 35.5. The maximum atomic E-state index is 6.63. The molecule has 1 atom stereocenters. The Bertz CT molecular complexity index is 440. The van der Waals surface area contributed by atoms with Crippen LogP contribution >= 0.6 is 23.2 Å². The van der Waals surface area contributed by atoms with Crippen LogP contribution < -0.4 is 5.73 Å². The first kappa shape index (κ1) is 18.8. The van der Waals surface area contributed by atoms with Crippen molar-refractivity contribution in [2.24, 2.45) is 5.73 Å². The van der Waals surface area contributed by atoms with Crippen molar-refractivity contribution in [3.63, 3.8) is 0 Å². The molecule has 0 saturated heterocycles. The number of nitrogens with zero attached hydrogens (tertiary/aromatic N) is 1. The predicted molar refractivity (Wildman–Crippen MR) is 94.4 cm³/mol. The van der Waals surface area contributed by atoms with E-state index in [1.54, 1.807) is 0 Å². The van der Waals surface area contributed by atoms with Gasteiger partial charge in [-0.3, -0.25) is 4.90 Å². The first-order valence-corrected chi connectivity index (χ1v) is 8.65. The zero-order chi connectivity index (χ0) is 16.0. The zero-order valence-corrected chi connectivity index (χ0v) is 15.1. The van der Waals surface area contributed by atoms with Crippen LogP contribution in [0.1, 0.15) is 46.1 Å². The summed E-state index contributed by atoms with van der Waals surface area (Å²) in [5.41, 5.74) is 7.68. The van der Waals surface area contributed by atoms with Gasteiger partial charge in [0.1, 0.15) is 0 Å². The molecule has 2 N–H and O–H groups in total. The van der Waals surface area contributed by atoms with E-state index in [-0.39, 0.29) is 11.6 Å². The lowest BCUT2D eigenvalue weighted by Gasteiger charge is -2.46. The van der Waals surface area contributed by atoms with Gasteiger partial charge in [0, 0.05) is 11.6 Å². The summed E-state index contributed by atoms with van der Waals surface area (Å²) in [6.45, 7) is 10.9. The molecule has 0 aliphatic carbocycles. The molecule has 1 aromatic rings. The van der Waals surface area contributed by atoms with Gasteiger partial charge in [-0.25, -0.2) is 0 Å². The van der Waals surface area contributed by atoms with E-state index in [0.29, 0.717) is 10.0 Å².